The van der Waals surface area contributed by atoms with Crippen molar-refractivity contribution in [2.24, 2.45) is 0 Å². The van der Waals surface area contributed by atoms with Crippen molar-refractivity contribution in [1.82, 2.24) is 15.1 Å². The van der Waals surface area contributed by atoms with Crippen LogP contribution < -0.4 is 5.32 Å². The fraction of sp³-hybridized carbons (Fsp3) is 0.471. The van der Waals surface area contributed by atoms with E-state index in [0.29, 0.717) is 12.1 Å². The summed E-state index contributed by atoms with van der Waals surface area (Å²) in [6.45, 7) is 0. The molecular weight excluding hydrogens is 246 g/mol. The van der Waals surface area contributed by atoms with Crippen LogP contribution in [0.25, 0.3) is 11.1 Å². The Morgan fingerprint density at radius 1 is 1.05 bits per heavy atom. The number of nitrogens with one attached hydrogen (secondary N) is 1. The Bertz CT molecular complexity index is 532. The highest BCUT2D eigenvalue weighted by Crippen LogP contribution is 2.28. The van der Waals surface area contributed by atoms with E-state index in [1.165, 1.54) is 43.2 Å². The first-order valence-corrected chi connectivity index (χ1v) is 7.65. The molecule has 3 rings (SSSR count). The Morgan fingerprint density at radius 3 is 2.65 bits per heavy atom. The minimum absolute atomic E-state index is 0.486. The van der Waals surface area contributed by atoms with E-state index in [9.17, 15) is 0 Å². The second-order valence-corrected chi connectivity index (χ2v) is 5.68. The molecular formula is C17H23N3. The summed E-state index contributed by atoms with van der Waals surface area (Å²) < 4.78 is 2.18. The van der Waals surface area contributed by atoms with Crippen LogP contribution in [-0.4, -0.2) is 22.9 Å². The number of benzene rings is 1. The molecule has 0 amide bonds. The smallest absolute Gasteiger partial charge is 0.0672 e. The van der Waals surface area contributed by atoms with Crippen LogP contribution in [0.15, 0.2) is 42.7 Å². The fourth-order valence-electron chi connectivity index (χ4n) is 3.24. The molecule has 106 valence electrons. The number of aromatic nitrogens is 2. The van der Waals surface area contributed by atoms with E-state index in [0.717, 1.165) is 0 Å². The average molecular weight is 269 g/mol. The largest absolute Gasteiger partial charge is 0.315 e. The van der Waals surface area contributed by atoms with Gasteiger partial charge < -0.3 is 5.32 Å². The van der Waals surface area contributed by atoms with Crippen molar-refractivity contribution in [3.8, 4) is 11.1 Å². The summed E-state index contributed by atoms with van der Waals surface area (Å²) in [4.78, 5) is 0. The molecule has 1 aliphatic rings. The third-order valence-corrected chi connectivity index (χ3v) is 4.40. The molecule has 1 aromatic heterocycles. The first-order valence-electron chi connectivity index (χ1n) is 7.65. The van der Waals surface area contributed by atoms with Crippen LogP contribution in [0, 0.1) is 0 Å². The zero-order valence-corrected chi connectivity index (χ0v) is 12.1. The summed E-state index contributed by atoms with van der Waals surface area (Å²) in [5, 5.41) is 8.11. The minimum atomic E-state index is 0.486. The first kappa shape index (κ1) is 13.4. The molecule has 2 aromatic rings. The van der Waals surface area contributed by atoms with Gasteiger partial charge in [-0.25, -0.2) is 0 Å². The molecule has 2 unspecified atom stereocenters. The van der Waals surface area contributed by atoms with E-state index < -0.39 is 0 Å². The number of nitrogens with zero attached hydrogens (tertiary/aromatic N) is 2. The zero-order chi connectivity index (χ0) is 13.8. The molecule has 0 aliphatic heterocycles. The molecule has 0 spiro atoms. The highest BCUT2D eigenvalue weighted by molar-refractivity contribution is 5.61. The van der Waals surface area contributed by atoms with Gasteiger partial charge in [-0.1, -0.05) is 49.6 Å². The summed E-state index contributed by atoms with van der Waals surface area (Å²) in [7, 11) is 2.07. The molecule has 1 fully saturated rings. The number of hydrogen-bond donors (Lipinski definition) is 1. The molecule has 1 saturated carbocycles. The van der Waals surface area contributed by atoms with Crippen LogP contribution in [0.2, 0.25) is 0 Å². The van der Waals surface area contributed by atoms with E-state index in [2.05, 4.69) is 58.7 Å². The number of likely N-dealkylation sites (N-methyl/N-ethyl adjacent to an activating group) is 1. The Balaban J connectivity index is 1.85. The second kappa shape index (κ2) is 6.23. The Hall–Kier alpha value is -1.61. The quantitative estimate of drug-likeness (QED) is 0.862. The SMILES string of the molecule is CNC1CCCCCC1n1cc(-c2ccccc2)cn1. The lowest BCUT2D eigenvalue weighted by atomic mass is 10.0. The van der Waals surface area contributed by atoms with Gasteiger partial charge in [0.15, 0.2) is 0 Å². The molecule has 1 N–H and O–H groups in total. The van der Waals surface area contributed by atoms with E-state index in [1.54, 1.807) is 0 Å². The van der Waals surface area contributed by atoms with Crippen LogP contribution in [0.3, 0.4) is 0 Å². The molecule has 3 heteroatoms. The van der Waals surface area contributed by atoms with Gasteiger partial charge in [0.05, 0.1) is 12.2 Å². The van der Waals surface area contributed by atoms with Gasteiger partial charge >= 0.3 is 0 Å². The molecule has 2 atom stereocenters. The number of hydrogen-bond acceptors (Lipinski definition) is 2. The third-order valence-electron chi connectivity index (χ3n) is 4.40. The molecule has 0 saturated heterocycles. The van der Waals surface area contributed by atoms with E-state index in [1.807, 2.05) is 6.20 Å². The van der Waals surface area contributed by atoms with Crippen molar-refractivity contribution in [3.63, 3.8) is 0 Å². The Kier molecular flexibility index (Phi) is 4.16. The number of rotatable bonds is 3. The lowest BCUT2D eigenvalue weighted by Crippen LogP contribution is -2.34. The summed E-state index contributed by atoms with van der Waals surface area (Å²) in [6.07, 6.45) is 10.7. The van der Waals surface area contributed by atoms with Gasteiger partial charge in [0, 0.05) is 17.8 Å². The zero-order valence-electron chi connectivity index (χ0n) is 12.1. The van der Waals surface area contributed by atoms with Crippen molar-refractivity contribution < 1.29 is 0 Å². The third kappa shape index (κ3) is 2.78. The lowest BCUT2D eigenvalue weighted by Gasteiger charge is -2.25. The predicted molar refractivity (Wildman–Crippen MR) is 82.6 cm³/mol. The van der Waals surface area contributed by atoms with Crippen LogP contribution in [0.4, 0.5) is 0 Å². The van der Waals surface area contributed by atoms with Gasteiger partial charge in [0.1, 0.15) is 0 Å². The van der Waals surface area contributed by atoms with Gasteiger partial charge in [0.25, 0.3) is 0 Å². The molecule has 1 aromatic carbocycles. The second-order valence-electron chi connectivity index (χ2n) is 5.68. The van der Waals surface area contributed by atoms with E-state index in [4.69, 9.17) is 0 Å². The van der Waals surface area contributed by atoms with Crippen molar-refractivity contribution in [2.45, 2.75) is 44.2 Å². The summed E-state index contributed by atoms with van der Waals surface area (Å²) >= 11 is 0. The molecule has 1 heterocycles. The van der Waals surface area contributed by atoms with Gasteiger partial charge in [-0.15, -0.1) is 0 Å². The van der Waals surface area contributed by atoms with Crippen molar-refractivity contribution in [2.75, 3.05) is 7.05 Å². The predicted octanol–water partition coefficient (Wildman–Crippen LogP) is 3.64. The summed E-state index contributed by atoms with van der Waals surface area (Å²) in [5.74, 6) is 0. The van der Waals surface area contributed by atoms with Crippen LogP contribution in [-0.2, 0) is 0 Å². The van der Waals surface area contributed by atoms with Gasteiger partial charge in [-0.3, -0.25) is 4.68 Å². The van der Waals surface area contributed by atoms with Crippen molar-refractivity contribution in [3.05, 3.63) is 42.7 Å². The van der Waals surface area contributed by atoms with E-state index >= 15 is 0 Å². The normalized spacial score (nSPS) is 23.4. The molecule has 3 nitrogen and oxygen atoms in total. The molecule has 20 heavy (non-hydrogen) atoms. The van der Waals surface area contributed by atoms with Crippen LogP contribution in [0.1, 0.15) is 38.1 Å². The standard InChI is InChI=1S/C17H23N3/c1-18-16-10-6-3-7-11-17(16)20-13-15(12-19-20)14-8-4-2-5-9-14/h2,4-5,8-9,12-13,16-18H,3,6-7,10-11H2,1H3. The lowest BCUT2D eigenvalue weighted by molar-refractivity contribution is 0.323. The summed E-state index contributed by atoms with van der Waals surface area (Å²) in [5.41, 5.74) is 2.46. The molecule has 0 radical (unpaired) electrons. The van der Waals surface area contributed by atoms with Gasteiger partial charge in [0.2, 0.25) is 0 Å². The van der Waals surface area contributed by atoms with Crippen LogP contribution >= 0.6 is 0 Å². The Morgan fingerprint density at radius 2 is 1.85 bits per heavy atom. The van der Waals surface area contributed by atoms with Gasteiger partial charge in [-0.2, -0.15) is 5.10 Å². The first-order chi connectivity index (χ1) is 9.88. The van der Waals surface area contributed by atoms with Crippen LogP contribution in [0.5, 0.6) is 0 Å². The minimum Gasteiger partial charge on any atom is -0.315 e. The molecule has 0 bridgehead atoms. The van der Waals surface area contributed by atoms with Crippen molar-refractivity contribution >= 4 is 0 Å². The maximum Gasteiger partial charge on any atom is 0.0672 e. The fourth-order valence-corrected chi connectivity index (χ4v) is 3.24. The summed E-state index contributed by atoms with van der Waals surface area (Å²) in [6, 6.07) is 11.5. The average Bonchev–Trinajstić information content (AvgIpc) is 2.87. The van der Waals surface area contributed by atoms with Gasteiger partial charge in [-0.05, 0) is 25.5 Å². The Labute approximate surface area is 121 Å². The highest BCUT2D eigenvalue weighted by Gasteiger charge is 2.24. The maximum absolute atomic E-state index is 4.63. The highest BCUT2D eigenvalue weighted by atomic mass is 15.3. The van der Waals surface area contributed by atoms with Crippen molar-refractivity contribution in [1.29, 1.82) is 0 Å². The topological polar surface area (TPSA) is 29.9 Å². The monoisotopic (exact) mass is 269 g/mol. The van der Waals surface area contributed by atoms with E-state index in [-0.39, 0.29) is 0 Å². The maximum atomic E-state index is 4.63. The molecule has 1 aliphatic carbocycles.